The SMILES string of the molecule is O=C(NCCCCc1ccccc1-n1ncccc1=O)c1ccnnc1. The lowest BCUT2D eigenvalue weighted by Crippen LogP contribution is -2.24. The number of aromatic nitrogens is 4. The number of carbonyl (C=O) groups excluding carboxylic acids is 1. The minimum atomic E-state index is -0.154. The van der Waals surface area contributed by atoms with Gasteiger partial charge in [-0.15, -0.1) is 0 Å². The summed E-state index contributed by atoms with van der Waals surface area (Å²) in [6.45, 7) is 0.576. The highest BCUT2D eigenvalue weighted by Gasteiger charge is 2.07. The van der Waals surface area contributed by atoms with Crippen molar-refractivity contribution in [2.24, 2.45) is 0 Å². The van der Waals surface area contributed by atoms with Gasteiger partial charge in [-0.25, -0.2) is 0 Å². The highest BCUT2D eigenvalue weighted by Crippen LogP contribution is 2.14. The maximum absolute atomic E-state index is 12.0. The van der Waals surface area contributed by atoms with Crippen molar-refractivity contribution in [2.75, 3.05) is 6.54 Å². The number of nitrogens with zero attached hydrogens (tertiary/aromatic N) is 4. The highest BCUT2D eigenvalue weighted by atomic mass is 16.1. The van der Waals surface area contributed by atoms with Crippen LogP contribution in [0.4, 0.5) is 0 Å². The number of aryl methyl sites for hydroxylation is 1. The summed E-state index contributed by atoms with van der Waals surface area (Å²) in [6.07, 6.45) is 7.04. The molecule has 0 saturated carbocycles. The molecule has 2 aromatic heterocycles. The van der Waals surface area contributed by atoms with E-state index in [2.05, 4.69) is 20.6 Å². The van der Waals surface area contributed by atoms with Crippen LogP contribution in [0.5, 0.6) is 0 Å². The zero-order valence-electron chi connectivity index (χ0n) is 14.2. The van der Waals surface area contributed by atoms with Crippen LogP contribution < -0.4 is 10.9 Å². The first-order valence-electron chi connectivity index (χ1n) is 8.43. The standard InChI is InChI=1S/C19H19N5O2/c25-18-9-5-12-23-24(18)17-8-2-1-6-15(17)7-3-4-11-20-19(26)16-10-13-21-22-14-16/h1-2,5-6,8-10,12-14H,3-4,7,11H2,(H,20,26). The largest absolute Gasteiger partial charge is 0.352 e. The predicted octanol–water partition coefficient (Wildman–Crippen LogP) is 1.78. The Morgan fingerprint density at radius 2 is 1.88 bits per heavy atom. The van der Waals surface area contributed by atoms with E-state index < -0.39 is 0 Å². The Morgan fingerprint density at radius 3 is 2.69 bits per heavy atom. The van der Waals surface area contributed by atoms with Crippen LogP contribution in [-0.4, -0.2) is 32.4 Å². The van der Waals surface area contributed by atoms with Gasteiger partial charge in [0, 0.05) is 18.8 Å². The van der Waals surface area contributed by atoms with E-state index in [1.54, 1.807) is 18.3 Å². The average Bonchev–Trinajstić information content (AvgIpc) is 2.69. The van der Waals surface area contributed by atoms with Gasteiger partial charge in [0.15, 0.2) is 0 Å². The third-order valence-corrected chi connectivity index (χ3v) is 3.94. The van der Waals surface area contributed by atoms with Crippen molar-refractivity contribution in [1.29, 1.82) is 0 Å². The average molecular weight is 349 g/mol. The normalized spacial score (nSPS) is 10.5. The molecule has 26 heavy (non-hydrogen) atoms. The summed E-state index contributed by atoms with van der Waals surface area (Å²) in [6, 6.07) is 12.5. The summed E-state index contributed by atoms with van der Waals surface area (Å²) < 4.78 is 1.41. The number of amides is 1. The summed E-state index contributed by atoms with van der Waals surface area (Å²) in [5.74, 6) is -0.152. The third-order valence-electron chi connectivity index (χ3n) is 3.94. The second kappa shape index (κ2) is 8.66. The molecule has 1 amide bonds. The number of unbranched alkanes of at least 4 members (excludes halogenated alkanes) is 1. The van der Waals surface area contributed by atoms with Crippen molar-refractivity contribution in [3.8, 4) is 5.69 Å². The first-order valence-corrected chi connectivity index (χ1v) is 8.43. The molecule has 0 fully saturated rings. The van der Waals surface area contributed by atoms with E-state index in [0.29, 0.717) is 12.1 Å². The Morgan fingerprint density at radius 1 is 1.00 bits per heavy atom. The van der Waals surface area contributed by atoms with E-state index in [0.717, 1.165) is 30.5 Å². The van der Waals surface area contributed by atoms with Crippen LogP contribution in [0.3, 0.4) is 0 Å². The number of para-hydroxylation sites is 1. The van der Waals surface area contributed by atoms with Gasteiger partial charge in [0.05, 0.1) is 23.6 Å². The van der Waals surface area contributed by atoms with Gasteiger partial charge < -0.3 is 5.32 Å². The summed E-state index contributed by atoms with van der Waals surface area (Å²) in [4.78, 5) is 23.9. The molecule has 7 heteroatoms. The summed E-state index contributed by atoms with van der Waals surface area (Å²) >= 11 is 0. The Bertz CT molecular complexity index is 924. The zero-order valence-corrected chi connectivity index (χ0v) is 14.2. The van der Waals surface area contributed by atoms with Crippen molar-refractivity contribution < 1.29 is 4.79 Å². The van der Waals surface area contributed by atoms with E-state index >= 15 is 0 Å². The van der Waals surface area contributed by atoms with Crippen molar-refractivity contribution in [3.63, 3.8) is 0 Å². The minimum Gasteiger partial charge on any atom is -0.352 e. The van der Waals surface area contributed by atoms with Gasteiger partial charge in [0.2, 0.25) is 0 Å². The fourth-order valence-electron chi connectivity index (χ4n) is 2.64. The van der Waals surface area contributed by atoms with Crippen LogP contribution in [-0.2, 0) is 6.42 Å². The Kier molecular flexibility index (Phi) is 5.82. The van der Waals surface area contributed by atoms with Gasteiger partial charge in [-0.2, -0.15) is 20.0 Å². The van der Waals surface area contributed by atoms with Gasteiger partial charge in [-0.1, -0.05) is 18.2 Å². The summed E-state index contributed by atoms with van der Waals surface area (Å²) in [5, 5.41) is 14.4. The van der Waals surface area contributed by atoms with Crippen LogP contribution in [0.15, 0.2) is 65.8 Å². The monoisotopic (exact) mass is 349 g/mol. The van der Waals surface area contributed by atoms with Crippen LogP contribution in [0.25, 0.3) is 5.69 Å². The molecule has 1 N–H and O–H groups in total. The predicted molar refractivity (Wildman–Crippen MR) is 97.1 cm³/mol. The molecule has 2 heterocycles. The fraction of sp³-hybridized carbons (Fsp3) is 0.211. The summed E-state index contributed by atoms with van der Waals surface area (Å²) in [7, 11) is 0. The molecule has 0 saturated heterocycles. The molecule has 3 aromatic rings. The van der Waals surface area contributed by atoms with E-state index in [1.807, 2.05) is 24.3 Å². The highest BCUT2D eigenvalue weighted by molar-refractivity contribution is 5.93. The van der Waals surface area contributed by atoms with Gasteiger partial charge in [-0.05, 0) is 43.0 Å². The molecule has 0 atom stereocenters. The number of carbonyl (C=O) groups is 1. The number of benzene rings is 1. The quantitative estimate of drug-likeness (QED) is 0.657. The Balaban J connectivity index is 1.54. The van der Waals surface area contributed by atoms with Crippen molar-refractivity contribution >= 4 is 5.91 Å². The Labute approximate surface area is 150 Å². The molecule has 0 bridgehead atoms. The summed E-state index contributed by atoms with van der Waals surface area (Å²) in [5.41, 5.74) is 2.20. The molecule has 0 aliphatic heterocycles. The number of rotatable bonds is 7. The van der Waals surface area contributed by atoms with Crippen LogP contribution >= 0.6 is 0 Å². The number of hydrogen-bond acceptors (Lipinski definition) is 5. The van der Waals surface area contributed by atoms with Crippen LogP contribution in [0, 0.1) is 0 Å². The van der Waals surface area contributed by atoms with E-state index in [4.69, 9.17) is 0 Å². The molecule has 1 aromatic carbocycles. The van der Waals surface area contributed by atoms with Gasteiger partial charge in [0.1, 0.15) is 0 Å². The first kappa shape index (κ1) is 17.5. The van der Waals surface area contributed by atoms with Gasteiger partial charge in [-0.3, -0.25) is 9.59 Å². The van der Waals surface area contributed by atoms with Gasteiger partial charge in [0.25, 0.3) is 11.5 Å². The van der Waals surface area contributed by atoms with Crippen LogP contribution in [0.2, 0.25) is 0 Å². The third kappa shape index (κ3) is 4.38. The number of hydrogen-bond donors (Lipinski definition) is 1. The fourth-order valence-corrected chi connectivity index (χ4v) is 2.64. The van der Waals surface area contributed by atoms with Crippen molar-refractivity contribution in [3.05, 3.63) is 82.5 Å². The van der Waals surface area contributed by atoms with E-state index in [9.17, 15) is 9.59 Å². The molecular formula is C19H19N5O2. The molecule has 0 aliphatic carbocycles. The zero-order chi connectivity index (χ0) is 18.2. The Hall–Kier alpha value is -3.35. The minimum absolute atomic E-state index is 0.152. The number of nitrogens with one attached hydrogen (secondary N) is 1. The maximum atomic E-state index is 12.0. The molecule has 0 aliphatic rings. The smallest absolute Gasteiger partial charge is 0.271 e. The van der Waals surface area contributed by atoms with E-state index in [1.165, 1.54) is 23.1 Å². The van der Waals surface area contributed by atoms with Crippen LogP contribution in [0.1, 0.15) is 28.8 Å². The first-order chi connectivity index (χ1) is 12.8. The van der Waals surface area contributed by atoms with Crippen molar-refractivity contribution in [2.45, 2.75) is 19.3 Å². The second-order valence-corrected chi connectivity index (χ2v) is 5.75. The molecule has 7 nitrogen and oxygen atoms in total. The lowest BCUT2D eigenvalue weighted by molar-refractivity contribution is 0.0952. The molecule has 0 spiro atoms. The molecule has 3 rings (SSSR count). The molecular weight excluding hydrogens is 330 g/mol. The molecule has 0 radical (unpaired) electrons. The van der Waals surface area contributed by atoms with Crippen molar-refractivity contribution in [1.82, 2.24) is 25.3 Å². The van der Waals surface area contributed by atoms with E-state index in [-0.39, 0.29) is 11.5 Å². The maximum Gasteiger partial charge on any atom is 0.271 e. The van der Waals surface area contributed by atoms with Gasteiger partial charge >= 0.3 is 0 Å². The lowest BCUT2D eigenvalue weighted by atomic mass is 10.1. The topological polar surface area (TPSA) is 89.8 Å². The lowest BCUT2D eigenvalue weighted by Gasteiger charge is -2.10. The molecule has 132 valence electrons. The second-order valence-electron chi connectivity index (χ2n) is 5.75. The molecule has 0 unspecified atom stereocenters.